The van der Waals surface area contributed by atoms with Crippen molar-refractivity contribution in [2.24, 2.45) is 0 Å². The Hall–Kier alpha value is -1.13. The van der Waals surface area contributed by atoms with Crippen molar-refractivity contribution in [1.82, 2.24) is 14.9 Å². The molecule has 0 saturated carbocycles. The first kappa shape index (κ1) is 15.4. The minimum atomic E-state index is 0.103. The number of thioether (sulfide) groups is 2. The molecule has 1 atom stereocenters. The third-order valence-electron chi connectivity index (χ3n) is 4.07. The van der Waals surface area contributed by atoms with Crippen LogP contribution in [0.3, 0.4) is 0 Å². The molecule has 0 bridgehead atoms. The van der Waals surface area contributed by atoms with Gasteiger partial charge in [0.25, 0.3) is 0 Å². The average molecular weight is 408 g/mol. The van der Waals surface area contributed by atoms with Crippen molar-refractivity contribution in [1.29, 1.82) is 5.26 Å². The second kappa shape index (κ2) is 6.40. The molecule has 0 aromatic carbocycles. The van der Waals surface area contributed by atoms with E-state index in [1.54, 1.807) is 39.2 Å². The van der Waals surface area contributed by atoms with Crippen LogP contribution in [0.25, 0.3) is 9.78 Å². The molecule has 8 heteroatoms. The molecule has 5 nitrogen and oxygen atoms in total. The second-order valence-electron chi connectivity index (χ2n) is 5.39. The van der Waals surface area contributed by atoms with Gasteiger partial charge in [0.2, 0.25) is 0 Å². The fourth-order valence-electron chi connectivity index (χ4n) is 3.01. The van der Waals surface area contributed by atoms with Crippen molar-refractivity contribution < 1.29 is 0 Å². The summed E-state index contributed by atoms with van der Waals surface area (Å²) in [5, 5.41) is 16.0. The molecule has 1 aliphatic carbocycles. The first-order chi connectivity index (χ1) is 11.3. The monoisotopic (exact) mass is 409 g/mol. The van der Waals surface area contributed by atoms with Gasteiger partial charge in [0.05, 0.1) is 0 Å². The van der Waals surface area contributed by atoms with Gasteiger partial charge in [-0.15, -0.1) is 0 Å². The molecule has 0 radical (unpaired) electrons. The number of nitriles is 1. The van der Waals surface area contributed by atoms with E-state index in [1.165, 1.54) is 34.6 Å². The van der Waals surface area contributed by atoms with Crippen LogP contribution in [0.4, 0.5) is 5.82 Å². The summed E-state index contributed by atoms with van der Waals surface area (Å²) < 4.78 is 2.89. The van der Waals surface area contributed by atoms with E-state index in [4.69, 9.17) is 0 Å². The Bertz CT molecular complexity index is 825. The number of nitrogens with one attached hydrogen (secondary N) is 1. The van der Waals surface area contributed by atoms with Crippen molar-refractivity contribution in [3.8, 4) is 6.19 Å². The van der Waals surface area contributed by atoms with Crippen LogP contribution in [0.15, 0.2) is 17.6 Å². The molecule has 2 aromatic heterocycles. The zero-order valence-corrected chi connectivity index (χ0v) is 15.9. The molecule has 0 fully saturated rings. The van der Waals surface area contributed by atoms with E-state index in [0.717, 1.165) is 18.1 Å². The predicted molar refractivity (Wildman–Crippen MR) is 97.2 cm³/mol. The summed E-state index contributed by atoms with van der Waals surface area (Å²) in [6.45, 7) is 0. The third-order valence-corrected chi connectivity index (χ3v) is 8.92. The van der Waals surface area contributed by atoms with Crippen LogP contribution in [-0.4, -0.2) is 40.3 Å². The van der Waals surface area contributed by atoms with E-state index in [2.05, 4.69) is 21.5 Å². The molecular formula is C15H15N5S2Se. The summed E-state index contributed by atoms with van der Waals surface area (Å²) >= 11 is 3.65. The molecule has 0 spiro atoms. The second-order valence-corrected chi connectivity index (χ2v) is 9.83. The molecule has 4 rings (SSSR count). The number of nitrogens with zero attached hydrogens (tertiary/aromatic N) is 4. The Kier molecular flexibility index (Phi) is 4.29. The molecule has 23 heavy (non-hydrogen) atoms. The first-order valence-electron chi connectivity index (χ1n) is 7.41. The quantitative estimate of drug-likeness (QED) is 0.619. The van der Waals surface area contributed by atoms with Gasteiger partial charge < -0.3 is 0 Å². The zero-order valence-electron chi connectivity index (χ0n) is 12.6. The van der Waals surface area contributed by atoms with Gasteiger partial charge in [-0.2, -0.15) is 0 Å². The SMILES string of the molecule is CSC1SC=C(Nc2ncnc3[se]c4c(c23)CCCC4)N1C#N. The summed E-state index contributed by atoms with van der Waals surface area (Å²) in [5.74, 6) is 1.67. The van der Waals surface area contributed by atoms with Crippen molar-refractivity contribution in [2.75, 3.05) is 11.6 Å². The standard InChI is InChI=1S/C15H15N5S2Se/c1-21-15-20(7-16)11(6-22-15)19-13-12-9-4-2-3-5-10(9)23-14(12)18-8-17-13/h6,8,15H,2-5H2,1H3,(H,17,18,19). The average Bonchev–Trinajstić information content (AvgIpc) is 3.15. The molecule has 0 saturated heterocycles. The third kappa shape index (κ3) is 2.66. The van der Waals surface area contributed by atoms with Crippen LogP contribution in [0.2, 0.25) is 0 Å². The summed E-state index contributed by atoms with van der Waals surface area (Å²) in [7, 11) is 0. The van der Waals surface area contributed by atoms with Crippen molar-refractivity contribution >= 4 is 53.6 Å². The first-order valence-corrected chi connectivity index (χ1v) is 11.4. The van der Waals surface area contributed by atoms with Crippen LogP contribution >= 0.6 is 23.5 Å². The van der Waals surface area contributed by atoms with E-state index < -0.39 is 0 Å². The Morgan fingerprint density at radius 2 is 2.30 bits per heavy atom. The van der Waals surface area contributed by atoms with Gasteiger partial charge in [0, 0.05) is 0 Å². The van der Waals surface area contributed by atoms with Gasteiger partial charge in [-0.05, 0) is 0 Å². The number of hydrogen-bond acceptors (Lipinski definition) is 7. The summed E-state index contributed by atoms with van der Waals surface area (Å²) in [6.07, 6.45) is 10.8. The number of aryl methyl sites for hydroxylation is 2. The van der Waals surface area contributed by atoms with E-state index in [-0.39, 0.29) is 4.71 Å². The maximum atomic E-state index is 9.43. The van der Waals surface area contributed by atoms with Gasteiger partial charge >= 0.3 is 149 Å². The molecule has 2 aromatic rings. The molecule has 0 amide bonds. The molecule has 1 aliphatic heterocycles. The Morgan fingerprint density at radius 3 is 3.13 bits per heavy atom. The Balaban J connectivity index is 1.73. The summed E-state index contributed by atoms with van der Waals surface area (Å²) in [6, 6.07) is 0. The van der Waals surface area contributed by atoms with Crippen LogP contribution in [0.1, 0.15) is 22.8 Å². The topological polar surface area (TPSA) is 64.8 Å². The van der Waals surface area contributed by atoms with Crippen LogP contribution in [0.5, 0.6) is 0 Å². The van der Waals surface area contributed by atoms with Gasteiger partial charge in [-0.25, -0.2) is 0 Å². The number of rotatable bonds is 3. The molecular weight excluding hydrogens is 393 g/mol. The number of aromatic nitrogens is 2. The fraction of sp³-hybridized carbons (Fsp3) is 0.400. The van der Waals surface area contributed by atoms with Crippen LogP contribution < -0.4 is 5.32 Å². The molecule has 1 unspecified atom stereocenters. The minimum absolute atomic E-state index is 0.103. The fourth-order valence-corrected chi connectivity index (χ4v) is 7.27. The Labute approximate surface area is 149 Å². The van der Waals surface area contributed by atoms with E-state index >= 15 is 0 Å². The van der Waals surface area contributed by atoms with Gasteiger partial charge in [0.1, 0.15) is 0 Å². The van der Waals surface area contributed by atoms with Crippen molar-refractivity contribution in [3.63, 3.8) is 0 Å². The van der Waals surface area contributed by atoms with E-state index in [1.807, 2.05) is 11.7 Å². The zero-order chi connectivity index (χ0) is 15.8. The maximum absolute atomic E-state index is 9.43. The summed E-state index contributed by atoms with van der Waals surface area (Å²) in [5.41, 5.74) is 1.46. The molecule has 3 heterocycles. The van der Waals surface area contributed by atoms with Crippen molar-refractivity contribution in [3.05, 3.63) is 27.6 Å². The van der Waals surface area contributed by atoms with E-state index in [9.17, 15) is 5.26 Å². The van der Waals surface area contributed by atoms with Crippen LogP contribution in [-0.2, 0) is 12.8 Å². The molecule has 118 valence electrons. The predicted octanol–water partition coefficient (Wildman–Crippen LogP) is 2.95. The van der Waals surface area contributed by atoms with Crippen LogP contribution in [0, 0.1) is 11.5 Å². The van der Waals surface area contributed by atoms with E-state index in [0.29, 0.717) is 14.5 Å². The molecule has 2 aliphatic rings. The number of hydrogen-bond donors (Lipinski definition) is 1. The van der Waals surface area contributed by atoms with Gasteiger partial charge in [-0.3, -0.25) is 0 Å². The molecule has 1 N–H and O–H groups in total. The Morgan fingerprint density at radius 1 is 1.43 bits per heavy atom. The van der Waals surface area contributed by atoms with Crippen molar-refractivity contribution in [2.45, 2.75) is 30.4 Å². The normalized spacial score (nSPS) is 20.3. The van der Waals surface area contributed by atoms with Gasteiger partial charge in [0.15, 0.2) is 0 Å². The summed E-state index contributed by atoms with van der Waals surface area (Å²) in [4.78, 5) is 10.7. The number of anilines is 1. The number of fused-ring (bicyclic) bond motifs is 3. The van der Waals surface area contributed by atoms with Gasteiger partial charge in [-0.1, -0.05) is 0 Å².